The first kappa shape index (κ1) is 21.1. The molecule has 0 saturated carbocycles. The van der Waals surface area contributed by atoms with Crippen molar-refractivity contribution < 1.29 is 13.7 Å². The molecule has 1 heterocycles. The van der Waals surface area contributed by atoms with Crippen LogP contribution in [-0.2, 0) is 26.1 Å². The molecule has 0 spiro atoms. The van der Waals surface area contributed by atoms with Gasteiger partial charge in [0.25, 0.3) is 0 Å². The minimum atomic E-state index is -0.912. The number of ether oxygens (including phenoxy) is 1. The fraction of sp³-hybridized carbons (Fsp3) is 0.409. The zero-order valence-electron chi connectivity index (χ0n) is 16.1. The van der Waals surface area contributed by atoms with E-state index in [-0.39, 0.29) is 16.4 Å². The van der Waals surface area contributed by atoms with Crippen LogP contribution in [0.25, 0.3) is 0 Å². The lowest BCUT2D eigenvalue weighted by atomic mass is 10.2. The number of nitrogens with one attached hydrogen (secondary N) is 1. The molecule has 1 amide bonds. The van der Waals surface area contributed by atoms with E-state index in [0.717, 1.165) is 35.4 Å². The topological polar surface area (TPSA) is 55.4 Å². The number of hydrogen-bond acceptors (Lipinski definition) is 4. The molecule has 1 fully saturated rings. The predicted molar refractivity (Wildman–Crippen MR) is 117 cm³/mol. The lowest BCUT2D eigenvalue weighted by Gasteiger charge is -2.21. The number of thioether (sulfide) groups is 1. The second-order valence-electron chi connectivity index (χ2n) is 6.85. The zero-order chi connectivity index (χ0) is 19.8. The summed E-state index contributed by atoms with van der Waals surface area (Å²) in [7, 11) is -0.912. The molecule has 0 aliphatic carbocycles. The van der Waals surface area contributed by atoms with Crippen LogP contribution in [0.15, 0.2) is 59.5 Å². The van der Waals surface area contributed by atoms with Gasteiger partial charge >= 0.3 is 0 Å². The lowest BCUT2D eigenvalue weighted by molar-refractivity contribution is -0.115. The van der Waals surface area contributed by atoms with Gasteiger partial charge in [-0.25, -0.2) is 0 Å². The fourth-order valence-electron chi connectivity index (χ4n) is 3.17. The smallest absolute Gasteiger partial charge is 0.237 e. The molecule has 2 aromatic carbocycles. The maximum atomic E-state index is 12.7. The molecule has 1 saturated heterocycles. The summed E-state index contributed by atoms with van der Waals surface area (Å²) in [5.74, 6) is 0.517. The van der Waals surface area contributed by atoms with E-state index >= 15 is 0 Å². The highest BCUT2D eigenvalue weighted by atomic mass is 32.2. The predicted octanol–water partition coefficient (Wildman–Crippen LogP) is 4.62. The number of benzene rings is 2. The summed E-state index contributed by atoms with van der Waals surface area (Å²) in [6.45, 7) is 3.42. The summed E-state index contributed by atoms with van der Waals surface area (Å²) in [6, 6.07) is 17.7. The Hall–Kier alpha value is -1.63. The molecule has 1 aliphatic heterocycles. The summed E-state index contributed by atoms with van der Waals surface area (Å²) < 4.78 is 18.0. The Morgan fingerprint density at radius 1 is 1.18 bits per heavy atom. The number of anilines is 1. The van der Waals surface area contributed by atoms with Crippen molar-refractivity contribution >= 4 is 34.2 Å². The van der Waals surface area contributed by atoms with E-state index in [1.54, 1.807) is 11.8 Å². The molecule has 1 aliphatic rings. The van der Waals surface area contributed by atoms with Crippen LogP contribution >= 0.6 is 11.8 Å². The maximum Gasteiger partial charge on any atom is 0.237 e. The Balaban J connectivity index is 1.59. The largest absolute Gasteiger partial charge is 0.381 e. The van der Waals surface area contributed by atoms with E-state index in [4.69, 9.17) is 4.74 Å². The highest BCUT2D eigenvalue weighted by Crippen LogP contribution is 2.26. The van der Waals surface area contributed by atoms with Crippen molar-refractivity contribution in [3.05, 3.63) is 60.2 Å². The maximum absolute atomic E-state index is 12.7. The number of amides is 1. The summed E-state index contributed by atoms with van der Waals surface area (Å²) in [6.07, 6.45) is 2.47. The lowest BCUT2D eigenvalue weighted by Crippen LogP contribution is -2.26. The van der Waals surface area contributed by atoms with Crippen molar-refractivity contribution in [3.63, 3.8) is 0 Å². The Kier molecular flexibility index (Phi) is 8.13. The van der Waals surface area contributed by atoms with Gasteiger partial charge < -0.3 is 10.1 Å². The third-order valence-electron chi connectivity index (χ3n) is 4.73. The molecule has 2 atom stereocenters. The van der Waals surface area contributed by atoms with Crippen molar-refractivity contribution in [2.24, 2.45) is 0 Å². The van der Waals surface area contributed by atoms with Gasteiger partial charge in [0, 0.05) is 45.6 Å². The molecule has 1 N–H and O–H groups in total. The molecule has 3 rings (SSSR count). The molecule has 4 nitrogen and oxygen atoms in total. The third kappa shape index (κ3) is 6.19. The van der Waals surface area contributed by atoms with Gasteiger partial charge in [-0.2, -0.15) is 0 Å². The average molecular weight is 418 g/mol. The first-order valence-electron chi connectivity index (χ1n) is 9.72. The summed E-state index contributed by atoms with van der Waals surface area (Å²) in [4.78, 5) is 13.8. The number of carbonyl (C=O) groups is 1. The average Bonchev–Trinajstić information content (AvgIpc) is 2.73. The number of rotatable bonds is 8. The minimum absolute atomic E-state index is 0.000875. The molecule has 2 unspecified atom stereocenters. The van der Waals surface area contributed by atoms with E-state index in [2.05, 4.69) is 5.32 Å². The highest BCUT2D eigenvalue weighted by Gasteiger charge is 2.21. The molecule has 0 aromatic heterocycles. The van der Waals surface area contributed by atoms with Gasteiger partial charge in [-0.15, -0.1) is 11.8 Å². The van der Waals surface area contributed by atoms with Crippen molar-refractivity contribution in [1.82, 2.24) is 0 Å². The van der Waals surface area contributed by atoms with Crippen molar-refractivity contribution in [2.75, 3.05) is 18.5 Å². The van der Waals surface area contributed by atoms with Crippen molar-refractivity contribution in [3.8, 4) is 0 Å². The summed E-state index contributed by atoms with van der Waals surface area (Å²) in [5.41, 5.74) is 1.75. The van der Waals surface area contributed by atoms with E-state index in [1.807, 2.05) is 61.5 Å². The van der Waals surface area contributed by atoms with Crippen LogP contribution in [0.1, 0.15) is 31.7 Å². The van der Waals surface area contributed by atoms with Crippen LogP contribution in [0.2, 0.25) is 0 Å². The van der Waals surface area contributed by atoms with E-state index in [9.17, 15) is 9.00 Å². The Morgan fingerprint density at radius 3 is 2.64 bits per heavy atom. The quantitative estimate of drug-likeness (QED) is 0.637. The van der Waals surface area contributed by atoms with Crippen LogP contribution in [0.5, 0.6) is 0 Å². The second-order valence-corrected chi connectivity index (χ2v) is 9.85. The summed E-state index contributed by atoms with van der Waals surface area (Å²) >= 11 is 1.58. The first-order chi connectivity index (χ1) is 13.7. The number of carbonyl (C=O) groups excluding carboxylic acids is 1. The molecule has 0 radical (unpaired) electrons. The zero-order valence-corrected chi connectivity index (χ0v) is 17.8. The third-order valence-corrected chi connectivity index (χ3v) is 7.94. The fourth-order valence-corrected chi connectivity index (χ4v) is 5.61. The highest BCUT2D eigenvalue weighted by molar-refractivity contribution is 8.00. The van der Waals surface area contributed by atoms with Gasteiger partial charge in [-0.1, -0.05) is 37.3 Å². The monoisotopic (exact) mass is 417 g/mol. The van der Waals surface area contributed by atoms with Crippen LogP contribution in [0.3, 0.4) is 0 Å². The summed E-state index contributed by atoms with van der Waals surface area (Å²) in [5, 5.41) is 3.08. The van der Waals surface area contributed by atoms with Crippen LogP contribution in [-0.4, -0.2) is 33.8 Å². The second kappa shape index (κ2) is 10.8. The molecule has 2 aromatic rings. The van der Waals surface area contributed by atoms with Gasteiger partial charge in [0.15, 0.2) is 0 Å². The van der Waals surface area contributed by atoms with Gasteiger partial charge in [0.2, 0.25) is 5.91 Å². The molecular formula is C22H27NO3S2. The van der Waals surface area contributed by atoms with Gasteiger partial charge in [-0.3, -0.25) is 9.00 Å². The van der Waals surface area contributed by atoms with Gasteiger partial charge in [0.05, 0.1) is 5.25 Å². The molecule has 28 heavy (non-hydrogen) atoms. The molecule has 0 bridgehead atoms. The normalized spacial score (nSPS) is 17.0. The first-order valence-corrected chi connectivity index (χ1v) is 12.0. The van der Waals surface area contributed by atoms with Crippen LogP contribution < -0.4 is 5.32 Å². The number of hydrogen-bond donors (Lipinski definition) is 1. The van der Waals surface area contributed by atoms with E-state index in [1.165, 1.54) is 0 Å². The molecular weight excluding hydrogens is 390 g/mol. The Morgan fingerprint density at radius 2 is 1.93 bits per heavy atom. The van der Waals surface area contributed by atoms with Crippen molar-refractivity contribution in [2.45, 2.75) is 47.3 Å². The molecule has 150 valence electrons. The van der Waals surface area contributed by atoms with Crippen LogP contribution in [0, 0.1) is 0 Å². The minimum Gasteiger partial charge on any atom is -0.381 e. The standard InChI is InChI=1S/C22H27NO3S2/c1-2-21(27-19-9-4-3-5-10-19)22(24)23-18-8-6-7-17(15-18)16-28(25)20-11-13-26-14-12-20/h3-10,15,20-21H,2,11-14,16H2,1H3,(H,23,24). The molecule has 6 heteroatoms. The van der Waals surface area contributed by atoms with Crippen molar-refractivity contribution in [1.29, 1.82) is 0 Å². The van der Waals surface area contributed by atoms with Crippen LogP contribution in [0.4, 0.5) is 5.69 Å². The van der Waals surface area contributed by atoms with E-state index < -0.39 is 10.8 Å². The van der Waals surface area contributed by atoms with E-state index in [0.29, 0.717) is 19.0 Å². The SMILES string of the molecule is CCC(Sc1ccccc1)C(=O)Nc1cccc(CS(=O)C2CCOCC2)c1. The van der Waals surface area contributed by atoms with Gasteiger partial charge in [0.1, 0.15) is 0 Å². The Labute approximate surface area is 173 Å². The Bertz CT molecular complexity index is 791. The van der Waals surface area contributed by atoms with Gasteiger partial charge in [-0.05, 0) is 49.1 Å².